The first-order chi connectivity index (χ1) is 15.7. The molecule has 0 saturated heterocycles. The smallest absolute Gasteiger partial charge is 0.392 e. The SMILES string of the molecule is CN(C)c1ccc(C#N)cc1Oc1nc(S(C)(=O)=O)nc(OC(CC(=O)O)C(=O)O)c1[N+](=O)[O-]. The van der Waals surface area contributed by atoms with Gasteiger partial charge in [-0.15, -0.1) is 0 Å². The van der Waals surface area contributed by atoms with E-state index in [2.05, 4.69) is 9.97 Å². The molecule has 0 bridgehead atoms. The van der Waals surface area contributed by atoms with Gasteiger partial charge in [0.1, 0.15) is 0 Å². The Bertz CT molecular complexity index is 1300. The van der Waals surface area contributed by atoms with Crippen molar-refractivity contribution in [2.24, 2.45) is 0 Å². The molecule has 0 fully saturated rings. The number of nitriles is 1. The topological polar surface area (TPSA) is 223 Å². The number of aromatic nitrogens is 2. The van der Waals surface area contributed by atoms with Gasteiger partial charge < -0.3 is 24.6 Å². The lowest BCUT2D eigenvalue weighted by Gasteiger charge is -2.18. The normalized spacial score (nSPS) is 11.7. The summed E-state index contributed by atoms with van der Waals surface area (Å²) >= 11 is 0. The second kappa shape index (κ2) is 9.95. The summed E-state index contributed by atoms with van der Waals surface area (Å²) in [5.74, 6) is -5.60. The molecule has 34 heavy (non-hydrogen) atoms. The number of nitrogens with zero attached hydrogens (tertiary/aromatic N) is 5. The highest BCUT2D eigenvalue weighted by atomic mass is 32.2. The van der Waals surface area contributed by atoms with Gasteiger partial charge in [0.2, 0.25) is 15.9 Å². The Morgan fingerprint density at radius 2 is 1.88 bits per heavy atom. The van der Waals surface area contributed by atoms with E-state index in [1.165, 1.54) is 23.1 Å². The highest BCUT2D eigenvalue weighted by molar-refractivity contribution is 7.90. The number of ether oxygens (including phenoxy) is 2. The molecule has 0 spiro atoms. The van der Waals surface area contributed by atoms with E-state index in [1.54, 1.807) is 14.1 Å². The van der Waals surface area contributed by atoms with Crippen LogP contribution in [0.25, 0.3) is 0 Å². The highest BCUT2D eigenvalue weighted by Gasteiger charge is 2.35. The zero-order valence-electron chi connectivity index (χ0n) is 17.8. The summed E-state index contributed by atoms with van der Waals surface area (Å²) in [5.41, 5.74) is -0.731. The van der Waals surface area contributed by atoms with Gasteiger partial charge in [-0.25, -0.2) is 13.2 Å². The van der Waals surface area contributed by atoms with Gasteiger partial charge in [-0.05, 0) is 12.1 Å². The number of aliphatic carboxylic acids is 2. The van der Waals surface area contributed by atoms with E-state index >= 15 is 0 Å². The number of anilines is 1. The van der Waals surface area contributed by atoms with Gasteiger partial charge in [-0.2, -0.15) is 15.2 Å². The van der Waals surface area contributed by atoms with Crippen LogP contribution >= 0.6 is 0 Å². The fourth-order valence-corrected chi connectivity index (χ4v) is 2.98. The Labute approximate surface area is 191 Å². The van der Waals surface area contributed by atoms with Crippen molar-refractivity contribution in [1.82, 2.24) is 9.97 Å². The maximum atomic E-state index is 12.1. The first kappa shape index (κ1) is 25.7. The van der Waals surface area contributed by atoms with Crippen LogP contribution in [0.4, 0.5) is 11.4 Å². The molecule has 0 saturated carbocycles. The van der Waals surface area contributed by atoms with E-state index in [0.717, 1.165) is 0 Å². The fourth-order valence-electron chi connectivity index (χ4n) is 2.48. The minimum Gasteiger partial charge on any atom is -0.481 e. The van der Waals surface area contributed by atoms with Crippen LogP contribution in [0, 0.1) is 21.4 Å². The molecule has 0 radical (unpaired) electrons. The Hall–Kier alpha value is -4.52. The lowest BCUT2D eigenvalue weighted by Crippen LogP contribution is -2.30. The Balaban J connectivity index is 2.79. The number of nitro groups is 1. The predicted octanol–water partition coefficient (Wildman–Crippen LogP) is 0.825. The maximum Gasteiger partial charge on any atom is 0.392 e. The molecule has 0 aliphatic carbocycles. The van der Waals surface area contributed by atoms with Crippen LogP contribution in [-0.4, -0.2) is 71.9 Å². The quantitative estimate of drug-likeness (QED) is 0.264. The zero-order valence-corrected chi connectivity index (χ0v) is 18.6. The summed E-state index contributed by atoms with van der Waals surface area (Å²) in [7, 11) is -1.03. The largest absolute Gasteiger partial charge is 0.481 e. The van der Waals surface area contributed by atoms with Crippen molar-refractivity contribution in [2.45, 2.75) is 17.7 Å². The number of carboxylic acids is 2. The van der Waals surface area contributed by atoms with E-state index in [0.29, 0.717) is 11.9 Å². The van der Waals surface area contributed by atoms with E-state index in [9.17, 15) is 33.2 Å². The van der Waals surface area contributed by atoms with Gasteiger partial charge in [0, 0.05) is 26.4 Å². The number of benzene rings is 1. The van der Waals surface area contributed by atoms with Gasteiger partial charge in [0.25, 0.3) is 5.16 Å². The van der Waals surface area contributed by atoms with Crippen LogP contribution in [0.15, 0.2) is 23.4 Å². The standard InChI is InChI=1S/C18H17N5O10S/c1-22(2)10-5-4-9(8-19)6-11(10)32-15-14(23(28)29)16(21-18(20-15)34(3,30)31)33-12(17(26)27)7-13(24)25/h4-6,12H,7H2,1-3H3,(H,24,25)(H,26,27). The van der Waals surface area contributed by atoms with Crippen LogP contribution in [-0.2, 0) is 19.4 Å². The minimum atomic E-state index is -4.23. The van der Waals surface area contributed by atoms with Crippen LogP contribution in [0.2, 0.25) is 0 Å². The van der Waals surface area contributed by atoms with Crippen LogP contribution < -0.4 is 14.4 Å². The number of carboxylic acid groups (broad SMARTS) is 2. The van der Waals surface area contributed by atoms with Crippen LogP contribution in [0.3, 0.4) is 0 Å². The van der Waals surface area contributed by atoms with Gasteiger partial charge in [0.15, 0.2) is 5.75 Å². The number of carbonyl (C=O) groups is 2. The van der Waals surface area contributed by atoms with Crippen molar-refractivity contribution in [3.63, 3.8) is 0 Å². The number of sulfone groups is 1. The third-order valence-electron chi connectivity index (χ3n) is 3.98. The molecule has 180 valence electrons. The van der Waals surface area contributed by atoms with Crippen LogP contribution in [0.1, 0.15) is 12.0 Å². The number of rotatable bonds is 10. The molecule has 1 heterocycles. The van der Waals surface area contributed by atoms with E-state index in [-0.39, 0.29) is 11.3 Å². The Morgan fingerprint density at radius 3 is 2.35 bits per heavy atom. The van der Waals surface area contributed by atoms with Crippen molar-refractivity contribution in [3.8, 4) is 23.6 Å². The van der Waals surface area contributed by atoms with Gasteiger partial charge in [-0.1, -0.05) is 0 Å². The molecule has 2 N–H and O–H groups in total. The summed E-state index contributed by atoms with van der Waals surface area (Å²) in [5, 5.41) is 38.1. The summed E-state index contributed by atoms with van der Waals surface area (Å²) < 4.78 is 34.6. The monoisotopic (exact) mass is 495 g/mol. The molecule has 0 aliphatic rings. The molecule has 2 rings (SSSR count). The maximum absolute atomic E-state index is 12.1. The molecule has 15 nitrogen and oxygen atoms in total. The molecule has 0 aliphatic heterocycles. The molecule has 1 aromatic carbocycles. The second-order valence-electron chi connectivity index (χ2n) is 6.83. The summed E-state index contributed by atoms with van der Waals surface area (Å²) in [6.45, 7) is 0. The second-order valence-corrected chi connectivity index (χ2v) is 8.74. The van der Waals surface area contributed by atoms with Crippen molar-refractivity contribution in [2.75, 3.05) is 25.3 Å². The molecular weight excluding hydrogens is 478 g/mol. The zero-order chi connectivity index (χ0) is 25.8. The molecular formula is C18H17N5O10S. The van der Waals surface area contributed by atoms with E-state index < -0.39 is 61.8 Å². The Kier molecular flexibility index (Phi) is 7.54. The molecule has 1 unspecified atom stereocenters. The summed E-state index contributed by atoms with van der Waals surface area (Å²) in [4.78, 5) is 41.6. The van der Waals surface area contributed by atoms with Gasteiger partial charge in [0.05, 0.1) is 28.7 Å². The first-order valence-corrected chi connectivity index (χ1v) is 10.9. The van der Waals surface area contributed by atoms with Gasteiger partial charge >= 0.3 is 29.4 Å². The van der Waals surface area contributed by atoms with Crippen molar-refractivity contribution >= 4 is 33.2 Å². The third-order valence-corrected chi connectivity index (χ3v) is 4.83. The Morgan fingerprint density at radius 1 is 1.26 bits per heavy atom. The lowest BCUT2D eigenvalue weighted by atomic mass is 10.2. The first-order valence-electron chi connectivity index (χ1n) is 9.01. The fraction of sp³-hybridized carbons (Fsp3) is 0.278. The minimum absolute atomic E-state index is 0.101. The number of hydrogen-bond acceptors (Lipinski definition) is 12. The number of hydrogen-bond donors (Lipinski definition) is 2. The molecule has 16 heteroatoms. The van der Waals surface area contributed by atoms with Crippen LogP contribution in [0.5, 0.6) is 17.5 Å². The van der Waals surface area contributed by atoms with Crippen molar-refractivity contribution < 1.29 is 42.6 Å². The van der Waals surface area contributed by atoms with Gasteiger partial charge in [-0.3, -0.25) is 14.9 Å². The summed E-state index contributed by atoms with van der Waals surface area (Å²) in [6, 6.07) is 5.97. The molecule has 1 aromatic heterocycles. The average Bonchev–Trinajstić information content (AvgIpc) is 2.71. The lowest BCUT2D eigenvalue weighted by molar-refractivity contribution is -0.387. The van der Waals surface area contributed by atoms with E-state index in [4.69, 9.17) is 19.8 Å². The highest BCUT2D eigenvalue weighted by Crippen LogP contribution is 2.40. The van der Waals surface area contributed by atoms with Crippen molar-refractivity contribution in [1.29, 1.82) is 5.26 Å². The van der Waals surface area contributed by atoms with E-state index in [1.807, 2.05) is 6.07 Å². The molecule has 0 amide bonds. The molecule has 2 aromatic rings. The van der Waals surface area contributed by atoms with Crippen molar-refractivity contribution in [3.05, 3.63) is 33.9 Å². The summed E-state index contributed by atoms with van der Waals surface area (Å²) in [6.07, 6.45) is -2.59. The molecule has 1 atom stereocenters. The average molecular weight is 495 g/mol. The third kappa shape index (κ3) is 6.04. The predicted molar refractivity (Wildman–Crippen MR) is 112 cm³/mol.